The Kier molecular flexibility index (Phi) is 5.46. The van der Waals surface area contributed by atoms with Crippen LogP contribution >= 0.6 is 0 Å². The van der Waals surface area contributed by atoms with Crippen LogP contribution in [-0.4, -0.2) is 48.0 Å². The maximum atomic E-state index is 12.7. The molecule has 7 nitrogen and oxygen atoms in total. The fourth-order valence-electron chi connectivity index (χ4n) is 3.76. The number of amides is 3. The number of benzene rings is 2. The van der Waals surface area contributed by atoms with Gasteiger partial charge in [-0.15, -0.1) is 0 Å². The summed E-state index contributed by atoms with van der Waals surface area (Å²) in [6.45, 7) is 1.01. The second-order valence-corrected chi connectivity index (χ2v) is 7.26. The van der Waals surface area contributed by atoms with Crippen molar-refractivity contribution in [3.63, 3.8) is 0 Å². The number of nitrogens with zero attached hydrogens (tertiary/aromatic N) is 2. The lowest BCUT2D eigenvalue weighted by atomic mass is 10.1. The highest BCUT2D eigenvalue weighted by atomic mass is 16.6. The van der Waals surface area contributed by atoms with Gasteiger partial charge < -0.3 is 15.0 Å². The van der Waals surface area contributed by atoms with Gasteiger partial charge in [-0.1, -0.05) is 48.5 Å². The predicted molar refractivity (Wildman–Crippen MR) is 107 cm³/mol. The van der Waals surface area contributed by atoms with Crippen molar-refractivity contribution >= 4 is 23.6 Å². The van der Waals surface area contributed by atoms with Gasteiger partial charge in [0.2, 0.25) is 11.8 Å². The summed E-state index contributed by atoms with van der Waals surface area (Å²) in [4.78, 5) is 40.3. The first kappa shape index (κ1) is 19.0. The number of likely N-dealkylation sites (tertiary alicyclic amines) is 1. The van der Waals surface area contributed by atoms with Gasteiger partial charge in [-0.3, -0.25) is 14.5 Å². The second-order valence-electron chi connectivity index (χ2n) is 7.26. The summed E-state index contributed by atoms with van der Waals surface area (Å²) in [6, 6.07) is 18.4. The number of carbonyl (C=O) groups is 3. The summed E-state index contributed by atoms with van der Waals surface area (Å²) in [7, 11) is 0. The Bertz CT molecular complexity index is 887. The van der Waals surface area contributed by atoms with Crippen molar-refractivity contribution in [3.05, 3.63) is 66.2 Å². The molecule has 7 heteroatoms. The third-order valence-corrected chi connectivity index (χ3v) is 5.27. The van der Waals surface area contributed by atoms with E-state index >= 15 is 0 Å². The first-order valence-corrected chi connectivity index (χ1v) is 9.76. The molecule has 2 saturated heterocycles. The van der Waals surface area contributed by atoms with Crippen molar-refractivity contribution in [2.24, 2.45) is 0 Å². The van der Waals surface area contributed by atoms with Gasteiger partial charge >= 0.3 is 6.09 Å². The SMILES string of the molecule is O=C(NCC1CN(c2ccccc2)C(=O)O1)C1CCC(=O)N1Cc1ccccc1. The first-order chi connectivity index (χ1) is 14.1. The van der Waals surface area contributed by atoms with Gasteiger partial charge in [-0.2, -0.15) is 0 Å². The van der Waals surface area contributed by atoms with E-state index in [1.54, 1.807) is 9.80 Å². The average molecular weight is 393 g/mol. The van der Waals surface area contributed by atoms with E-state index < -0.39 is 18.2 Å². The predicted octanol–water partition coefficient (Wildman–Crippen LogP) is 2.32. The van der Waals surface area contributed by atoms with Crippen molar-refractivity contribution in [2.75, 3.05) is 18.0 Å². The average Bonchev–Trinajstić information content (AvgIpc) is 3.30. The molecule has 2 aliphatic heterocycles. The van der Waals surface area contributed by atoms with Crippen molar-refractivity contribution in [1.29, 1.82) is 0 Å². The van der Waals surface area contributed by atoms with Gasteiger partial charge in [0.25, 0.3) is 0 Å². The molecule has 1 N–H and O–H groups in total. The van der Waals surface area contributed by atoms with Crippen LogP contribution in [-0.2, 0) is 20.9 Å². The van der Waals surface area contributed by atoms with E-state index in [0.29, 0.717) is 25.9 Å². The van der Waals surface area contributed by atoms with Gasteiger partial charge in [0.1, 0.15) is 12.1 Å². The number of hydrogen-bond acceptors (Lipinski definition) is 4. The van der Waals surface area contributed by atoms with Crippen LogP contribution in [0.15, 0.2) is 60.7 Å². The molecule has 0 bridgehead atoms. The van der Waals surface area contributed by atoms with Crippen molar-refractivity contribution in [3.8, 4) is 0 Å². The maximum absolute atomic E-state index is 12.7. The molecule has 0 aromatic heterocycles. The third-order valence-electron chi connectivity index (χ3n) is 5.27. The smallest absolute Gasteiger partial charge is 0.414 e. The number of cyclic esters (lactones) is 1. The van der Waals surface area contributed by atoms with E-state index in [9.17, 15) is 14.4 Å². The van der Waals surface area contributed by atoms with Gasteiger partial charge in [0, 0.05) is 18.7 Å². The highest BCUT2D eigenvalue weighted by molar-refractivity contribution is 5.91. The minimum absolute atomic E-state index is 0.0171. The molecule has 0 aliphatic carbocycles. The minimum Gasteiger partial charge on any atom is -0.442 e. The number of nitrogens with one attached hydrogen (secondary N) is 1. The molecule has 2 aliphatic rings. The molecule has 4 rings (SSSR count). The Morgan fingerprint density at radius 1 is 1.03 bits per heavy atom. The Hall–Kier alpha value is -3.35. The molecule has 2 fully saturated rings. The van der Waals surface area contributed by atoms with Crippen LogP contribution in [0, 0.1) is 0 Å². The lowest BCUT2D eigenvalue weighted by Crippen LogP contribution is -2.46. The molecule has 2 heterocycles. The Balaban J connectivity index is 1.33. The summed E-state index contributed by atoms with van der Waals surface area (Å²) in [5.74, 6) is -0.224. The third kappa shape index (κ3) is 4.23. The van der Waals surface area contributed by atoms with Crippen molar-refractivity contribution in [1.82, 2.24) is 10.2 Å². The van der Waals surface area contributed by atoms with E-state index in [1.807, 2.05) is 60.7 Å². The van der Waals surface area contributed by atoms with Gasteiger partial charge in [-0.25, -0.2) is 4.79 Å². The summed E-state index contributed by atoms with van der Waals surface area (Å²) < 4.78 is 5.38. The van der Waals surface area contributed by atoms with Crippen LogP contribution in [0.1, 0.15) is 18.4 Å². The van der Waals surface area contributed by atoms with Crippen LogP contribution < -0.4 is 10.2 Å². The Morgan fingerprint density at radius 3 is 2.45 bits per heavy atom. The molecule has 0 radical (unpaired) electrons. The molecule has 0 saturated carbocycles. The van der Waals surface area contributed by atoms with E-state index in [4.69, 9.17) is 4.74 Å². The molecule has 150 valence electrons. The summed E-state index contributed by atoms with van der Waals surface area (Å²) in [5, 5.41) is 2.86. The highest BCUT2D eigenvalue weighted by Crippen LogP contribution is 2.23. The molecule has 29 heavy (non-hydrogen) atoms. The quantitative estimate of drug-likeness (QED) is 0.817. The molecule has 2 aromatic carbocycles. The van der Waals surface area contributed by atoms with Gasteiger partial charge in [0.15, 0.2) is 0 Å². The lowest BCUT2D eigenvalue weighted by Gasteiger charge is -2.24. The monoisotopic (exact) mass is 393 g/mol. The normalized spacial score (nSPS) is 21.4. The zero-order valence-electron chi connectivity index (χ0n) is 16.0. The number of anilines is 1. The van der Waals surface area contributed by atoms with Crippen LogP contribution in [0.3, 0.4) is 0 Å². The summed E-state index contributed by atoms with van der Waals surface area (Å²) in [5.41, 5.74) is 1.76. The van der Waals surface area contributed by atoms with E-state index in [-0.39, 0.29) is 18.4 Å². The van der Waals surface area contributed by atoms with Gasteiger partial charge in [-0.05, 0) is 24.1 Å². The topological polar surface area (TPSA) is 79.0 Å². The fraction of sp³-hybridized carbons (Fsp3) is 0.318. The molecular formula is C22H23N3O4. The van der Waals surface area contributed by atoms with Gasteiger partial charge in [0.05, 0.1) is 13.1 Å². The molecule has 2 atom stereocenters. The number of hydrogen-bond donors (Lipinski definition) is 1. The zero-order chi connectivity index (χ0) is 20.2. The van der Waals surface area contributed by atoms with Crippen LogP contribution in [0.4, 0.5) is 10.5 Å². The first-order valence-electron chi connectivity index (χ1n) is 9.76. The van der Waals surface area contributed by atoms with Crippen molar-refractivity contribution in [2.45, 2.75) is 31.5 Å². The van der Waals surface area contributed by atoms with E-state index in [2.05, 4.69) is 5.32 Å². The molecule has 0 spiro atoms. The van der Waals surface area contributed by atoms with Crippen LogP contribution in [0.25, 0.3) is 0 Å². The Labute approximate surface area is 169 Å². The second kappa shape index (κ2) is 8.34. The number of carbonyl (C=O) groups excluding carboxylic acids is 3. The highest BCUT2D eigenvalue weighted by Gasteiger charge is 2.37. The number of para-hydroxylation sites is 1. The van der Waals surface area contributed by atoms with E-state index in [0.717, 1.165) is 11.3 Å². The Morgan fingerprint density at radius 2 is 1.72 bits per heavy atom. The molecular weight excluding hydrogens is 370 g/mol. The van der Waals surface area contributed by atoms with Crippen molar-refractivity contribution < 1.29 is 19.1 Å². The number of rotatable bonds is 6. The number of ether oxygens (including phenoxy) is 1. The molecule has 2 aromatic rings. The largest absolute Gasteiger partial charge is 0.442 e. The zero-order valence-corrected chi connectivity index (χ0v) is 16.0. The molecule has 2 unspecified atom stereocenters. The maximum Gasteiger partial charge on any atom is 0.414 e. The van der Waals surface area contributed by atoms with Crippen LogP contribution in [0.2, 0.25) is 0 Å². The minimum atomic E-state index is -0.495. The standard InChI is InChI=1S/C22H23N3O4/c26-20-12-11-19(25(20)14-16-7-3-1-4-8-16)21(27)23-13-18-15-24(22(28)29-18)17-9-5-2-6-10-17/h1-10,18-19H,11-15H2,(H,23,27). The molecule has 3 amide bonds. The fourth-order valence-corrected chi connectivity index (χ4v) is 3.76. The van der Waals surface area contributed by atoms with Crippen LogP contribution in [0.5, 0.6) is 0 Å². The summed E-state index contributed by atoms with van der Waals surface area (Å²) >= 11 is 0. The van der Waals surface area contributed by atoms with E-state index in [1.165, 1.54) is 0 Å². The summed E-state index contributed by atoms with van der Waals surface area (Å²) in [6.07, 6.45) is 0.0203. The lowest BCUT2D eigenvalue weighted by molar-refractivity contribution is -0.135.